The minimum absolute atomic E-state index is 0.257. The predicted molar refractivity (Wildman–Crippen MR) is 55.1 cm³/mol. The fourth-order valence-electron chi connectivity index (χ4n) is 2.47. The van der Waals surface area contributed by atoms with Crippen LogP contribution in [0.3, 0.4) is 0 Å². The maximum atomic E-state index is 5.90. The van der Waals surface area contributed by atoms with Crippen molar-refractivity contribution in [2.45, 2.75) is 58.2 Å². The number of rotatable bonds is 2. The van der Waals surface area contributed by atoms with Crippen molar-refractivity contribution in [3.05, 3.63) is 0 Å². The Morgan fingerprint density at radius 3 is 2.71 bits per heavy atom. The molecule has 2 heterocycles. The molecule has 3 heteroatoms. The van der Waals surface area contributed by atoms with Gasteiger partial charge in [0, 0.05) is 12.6 Å². The van der Waals surface area contributed by atoms with E-state index in [1.807, 2.05) is 13.8 Å². The normalized spacial score (nSPS) is 40.5. The first kappa shape index (κ1) is 10.4. The van der Waals surface area contributed by atoms with Gasteiger partial charge in [-0.25, -0.2) is 0 Å². The minimum atomic E-state index is -0.382. The van der Waals surface area contributed by atoms with Crippen LogP contribution in [0.15, 0.2) is 0 Å². The fraction of sp³-hybridized carbons (Fsp3) is 1.00. The van der Waals surface area contributed by atoms with Crippen molar-refractivity contribution in [1.29, 1.82) is 0 Å². The molecule has 0 spiro atoms. The largest absolute Gasteiger partial charge is 0.343 e. The molecule has 3 atom stereocenters. The van der Waals surface area contributed by atoms with Gasteiger partial charge in [0.1, 0.15) is 12.2 Å². The second kappa shape index (κ2) is 3.47. The molecule has 2 rings (SSSR count). The molecule has 2 saturated heterocycles. The summed E-state index contributed by atoms with van der Waals surface area (Å²) >= 11 is 0. The minimum Gasteiger partial charge on any atom is -0.343 e. The second-order valence-electron chi connectivity index (χ2n) is 5.28. The van der Waals surface area contributed by atoms with E-state index < -0.39 is 0 Å². The zero-order chi connectivity index (χ0) is 10.3. The first-order valence-corrected chi connectivity index (χ1v) is 5.57. The average molecular weight is 199 g/mol. The Balaban J connectivity index is 1.98. The zero-order valence-electron chi connectivity index (χ0n) is 9.54. The van der Waals surface area contributed by atoms with Crippen LogP contribution in [0.4, 0.5) is 0 Å². The smallest absolute Gasteiger partial charge is 0.163 e. The van der Waals surface area contributed by atoms with E-state index in [-0.39, 0.29) is 18.0 Å². The maximum absolute atomic E-state index is 5.90. The van der Waals surface area contributed by atoms with Gasteiger partial charge in [0.25, 0.3) is 0 Å². The van der Waals surface area contributed by atoms with Crippen molar-refractivity contribution in [2.24, 2.45) is 5.92 Å². The van der Waals surface area contributed by atoms with Gasteiger partial charge in [-0.2, -0.15) is 0 Å². The molecule has 2 aliphatic rings. The van der Waals surface area contributed by atoms with Gasteiger partial charge < -0.3 is 14.8 Å². The van der Waals surface area contributed by atoms with E-state index in [9.17, 15) is 0 Å². The molecule has 0 radical (unpaired) electrons. The van der Waals surface area contributed by atoms with E-state index in [2.05, 4.69) is 19.2 Å². The Kier molecular flexibility index (Phi) is 2.58. The quantitative estimate of drug-likeness (QED) is 0.731. The molecule has 14 heavy (non-hydrogen) atoms. The number of hydrogen-bond donors (Lipinski definition) is 1. The highest BCUT2D eigenvalue weighted by Gasteiger charge is 2.48. The van der Waals surface area contributed by atoms with Gasteiger partial charge in [0.15, 0.2) is 5.79 Å². The van der Waals surface area contributed by atoms with E-state index in [0.717, 1.165) is 6.54 Å². The van der Waals surface area contributed by atoms with E-state index in [0.29, 0.717) is 12.0 Å². The summed E-state index contributed by atoms with van der Waals surface area (Å²) in [6.45, 7) is 9.42. The Hall–Kier alpha value is -0.120. The van der Waals surface area contributed by atoms with E-state index in [1.54, 1.807) is 0 Å². The molecule has 0 amide bonds. The van der Waals surface area contributed by atoms with Crippen LogP contribution in [0, 0.1) is 5.92 Å². The predicted octanol–water partition coefficient (Wildman–Crippen LogP) is 1.52. The number of nitrogens with one attached hydrogen (secondary N) is 1. The topological polar surface area (TPSA) is 30.5 Å². The summed E-state index contributed by atoms with van der Waals surface area (Å²) in [4.78, 5) is 0. The summed E-state index contributed by atoms with van der Waals surface area (Å²) in [5.41, 5.74) is 0. The van der Waals surface area contributed by atoms with Gasteiger partial charge in [-0.1, -0.05) is 13.8 Å². The van der Waals surface area contributed by atoms with Crippen LogP contribution < -0.4 is 5.32 Å². The van der Waals surface area contributed by atoms with Gasteiger partial charge in [-0.05, 0) is 26.2 Å². The Bertz CT molecular complexity index is 215. The molecular formula is C11H21NO2. The first-order chi connectivity index (χ1) is 6.48. The van der Waals surface area contributed by atoms with Gasteiger partial charge >= 0.3 is 0 Å². The summed E-state index contributed by atoms with van der Waals surface area (Å²) in [7, 11) is 0. The highest BCUT2D eigenvalue weighted by atomic mass is 16.8. The second-order valence-corrected chi connectivity index (χ2v) is 5.28. The fourth-order valence-corrected chi connectivity index (χ4v) is 2.47. The summed E-state index contributed by atoms with van der Waals surface area (Å²) in [6, 6.07) is 0.474. The van der Waals surface area contributed by atoms with Crippen LogP contribution in [0.1, 0.15) is 34.1 Å². The molecule has 0 aliphatic carbocycles. The van der Waals surface area contributed by atoms with E-state index in [4.69, 9.17) is 9.47 Å². The monoisotopic (exact) mass is 199 g/mol. The van der Waals surface area contributed by atoms with E-state index >= 15 is 0 Å². The summed E-state index contributed by atoms with van der Waals surface area (Å²) < 4.78 is 11.7. The van der Waals surface area contributed by atoms with Gasteiger partial charge in [0.2, 0.25) is 0 Å². The van der Waals surface area contributed by atoms with Crippen molar-refractivity contribution < 1.29 is 9.47 Å². The molecule has 0 aromatic carbocycles. The van der Waals surface area contributed by atoms with Crippen molar-refractivity contribution >= 4 is 0 Å². The van der Waals surface area contributed by atoms with Crippen molar-refractivity contribution in [3.63, 3.8) is 0 Å². The Morgan fingerprint density at radius 2 is 2.07 bits per heavy atom. The number of hydrogen-bond acceptors (Lipinski definition) is 3. The standard InChI is InChI=1S/C11H21NO2/c1-7(2)5-8-10-9(6-12-8)13-11(3,4)14-10/h7-10,12H,5-6H2,1-4H3/t8?,9-,10+/m1/s1. The van der Waals surface area contributed by atoms with Crippen LogP contribution >= 0.6 is 0 Å². The lowest BCUT2D eigenvalue weighted by atomic mass is 10.00. The van der Waals surface area contributed by atoms with Crippen LogP contribution in [0.25, 0.3) is 0 Å². The first-order valence-electron chi connectivity index (χ1n) is 5.57. The maximum Gasteiger partial charge on any atom is 0.163 e. The van der Waals surface area contributed by atoms with Crippen LogP contribution in [0.5, 0.6) is 0 Å². The highest BCUT2D eigenvalue weighted by molar-refractivity contribution is 4.97. The molecule has 3 nitrogen and oxygen atoms in total. The molecule has 2 aliphatic heterocycles. The lowest BCUT2D eigenvalue weighted by molar-refractivity contribution is -0.153. The molecule has 0 aromatic heterocycles. The highest BCUT2D eigenvalue weighted by Crippen LogP contribution is 2.34. The third-order valence-electron chi connectivity index (χ3n) is 2.92. The van der Waals surface area contributed by atoms with Crippen LogP contribution in [-0.4, -0.2) is 30.6 Å². The summed E-state index contributed by atoms with van der Waals surface area (Å²) in [5.74, 6) is 0.325. The molecule has 2 fully saturated rings. The molecule has 1 N–H and O–H groups in total. The average Bonchev–Trinajstić information content (AvgIpc) is 2.47. The summed E-state index contributed by atoms with van der Waals surface area (Å²) in [5, 5.41) is 3.48. The molecule has 0 saturated carbocycles. The molecular weight excluding hydrogens is 178 g/mol. The van der Waals surface area contributed by atoms with Gasteiger partial charge in [0.05, 0.1) is 0 Å². The van der Waals surface area contributed by atoms with Crippen LogP contribution in [-0.2, 0) is 9.47 Å². The van der Waals surface area contributed by atoms with E-state index in [1.165, 1.54) is 6.42 Å². The third-order valence-corrected chi connectivity index (χ3v) is 2.92. The molecule has 82 valence electrons. The SMILES string of the molecule is CC(C)CC1NC[C@H]2OC(C)(C)O[C@@H]12. The van der Waals surface area contributed by atoms with Gasteiger partial charge in [-0.3, -0.25) is 0 Å². The summed E-state index contributed by atoms with van der Waals surface area (Å²) in [6.07, 6.45) is 1.68. The lowest BCUT2D eigenvalue weighted by Gasteiger charge is -2.23. The van der Waals surface area contributed by atoms with Crippen LogP contribution in [0.2, 0.25) is 0 Å². The Morgan fingerprint density at radius 1 is 1.36 bits per heavy atom. The zero-order valence-corrected chi connectivity index (χ0v) is 9.54. The number of fused-ring (bicyclic) bond motifs is 1. The molecule has 1 unspecified atom stereocenters. The van der Waals surface area contributed by atoms with Gasteiger partial charge in [-0.15, -0.1) is 0 Å². The van der Waals surface area contributed by atoms with Crippen molar-refractivity contribution in [2.75, 3.05) is 6.54 Å². The molecule has 0 bridgehead atoms. The number of ether oxygens (including phenoxy) is 2. The third kappa shape index (κ3) is 1.95. The van der Waals surface area contributed by atoms with Crippen molar-refractivity contribution in [3.8, 4) is 0 Å². The lowest BCUT2D eigenvalue weighted by Crippen LogP contribution is -2.36. The van der Waals surface area contributed by atoms with Crippen molar-refractivity contribution in [1.82, 2.24) is 5.32 Å². The Labute approximate surface area is 86.2 Å². The molecule has 0 aromatic rings.